The summed E-state index contributed by atoms with van der Waals surface area (Å²) < 4.78 is 39.4. The van der Waals surface area contributed by atoms with Crippen LogP contribution in [0.3, 0.4) is 0 Å². The van der Waals surface area contributed by atoms with E-state index in [1.165, 1.54) is 23.1 Å². The molecular formula is C19H18F3NO2. The topological polar surface area (TPSA) is 40.5 Å². The molecule has 1 heterocycles. The van der Waals surface area contributed by atoms with Gasteiger partial charge in [0, 0.05) is 6.54 Å². The first kappa shape index (κ1) is 17.5. The molecule has 0 spiro atoms. The lowest BCUT2D eigenvalue weighted by molar-refractivity contribution is -0.138. The maximum Gasteiger partial charge on any atom is 0.417 e. The zero-order valence-corrected chi connectivity index (χ0v) is 13.7. The Hall–Kier alpha value is -2.34. The lowest BCUT2D eigenvalue weighted by Gasteiger charge is -2.26. The van der Waals surface area contributed by atoms with Crippen LogP contribution in [0.15, 0.2) is 48.5 Å². The molecule has 1 N–H and O–H groups in total. The van der Waals surface area contributed by atoms with Crippen LogP contribution in [-0.2, 0) is 11.8 Å². The molecule has 0 radical (unpaired) electrons. The minimum absolute atomic E-state index is 0.0249. The minimum atomic E-state index is -4.60. The molecule has 1 atom stereocenters. The monoisotopic (exact) mass is 349 g/mol. The summed E-state index contributed by atoms with van der Waals surface area (Å²) in [5.41, 5.74) is -0.992. The molecule has 0 bridgehead atoms. The third-order valence-corrected chi connectivity index (χ3v) is 4.64. The third kappa shape index (κ3) is 3.26. The van der Waals surface area contributed by atoms with Crippen molar-refractivity contribution in [2.75, 3.05) is 13.1 Å². The number of aryl methyl sites for hydroxylation is 1. The van der Waals surface area contributed by atoms with Crippen LogP contribution in [0.2, 0.25) is 0 Å². The molecule has 3 rings (SSSR count). The Labute approximate surface area is 143 Å². The van der Waals surface area contributed by atoms with Crippen molar-refractivity contribution in [1.82, 2.24) is 4.90 Å². The predicted octanol–water partition coefficient (Wildman–Crippen LogP) is 3.75. The highest BCUT2D eigenvalue weighted by Gasteiger charge is 2.42. The highest BCUT2D eigenvalue weighted by Crippen LogP contribution is 2.36. The van der Waals surface area contributed by atoms with Gasteiger partial charge >= 0.3 is 6.18 Å². The molecule has 132 valence electrons. The normalized spacial score (nSPS) is 20.8. The van der Waals surface area contributed by atoms with Crippen molar-refractivity contribution >= 4 is 5.91 Å². The quantitative estimate of drug-likeness (QED) is 0.897. The minimum Gasteiger partial charge on any atom is -0.383 e. The summed E-state index contributed by atoms with van der Waals surface area (Å²) in [6.45, 7) is 2.04. The lowest BCUT2D eigenvalue weighted by Crippen LogP contribution is -2.35. The fourth-order valence-electron chi connectivity index (χ4n) is 3.37. The highest BCUT2D eigenvalue weighted by molar-refractivity contribution is 5.96. The summed E-state index contributed by atoms with van der Waals surface area (Å²) in [7, 11) is 0. The molecule has 1 saturated heterocycles. The van der Waals surface area contributed by atoms with Gasteiger partial charge in [0.2, 0.25) is 0 Å². The van der Waals surface area contributed by atoms with E-state index in [-0.39, 0.29) is 25.1 Å². The van der Waals surface area contributed by atoms with Crippen LogP contribution in [0.25, 0.3) is 0 Å². The van der Waals surface area contributed by atoms with Gasteiger partial charge in [0.1, 0.15) is 5.60 Å². The zero-order valence-electron chi connectivity index (χ0n) is 13.7. The van der Waals surface area contributed by atoms with Crippen LogP contribution in [0.5, 0.6) is 0 Å². The van der Waals surface area contributed by atoms with Gasteiger partial charge in [0.05, 0.1) is 17.7 Å². The van der Waals surface area contributed by atoms with Gasteiger partial charge in [-0.15, -0.1) is 0 Å². The standard InChI is InChI=1S/C19H18F3NO2/c1-13-6-2-4-8-15(13)18(25)10-11-23(12-18)17(24)14-7-3-5-9-16(14)19(20,21)22/h2-9,25H,10-12H2,1H3/t18-/m1/s1. The van der Waals surface area contributed by atoms with Gasteiger partial charge in [0.15, 0.2) is 0 Å². The number of alkyl halides is 3. The zero-order chi connectivity index (χ0) is 18.2. The van der Waals surface area contributed by atoms with Gasteiger partial charge in [-0.1, -0.05) is 36.4 Å². The lowest BCUT2D eigenvalue weighted by atomic mass is 9.89. The second-order valence-electron chi connectivity index (χ2n) is 6.37. The summed E-state index contributed by atoms with van der Waals surface area (Å²) in [6, 6.07) is 12.0. The number of amides is 1. The maximum atomic E-state index is 13.1. The Morgan fingerprint density at radius 2 is 1.76 bits per heavy atom. The summed E-state index contributed by atoms with van der Waals surface area (Å²) >= 11 is 0. The van der Waals surface area contributed by atoms with E-state index in [4.69, 9.17) is 0 Å². The number of aliphatic hydroxyl groups is 1. The molecule has 1 amide bonds. The van der Waals surface area contributed by atoms with E-state index in [1.54, 1.807) is 12.1 Å². The number of carbonyl (C=O) groups excluding carboxylic acids is 1. The molecule has 0 aromatic heterocycles. The van der Waals surface area contributed by atoms with E-state index in [9.17, 15) is 23.1 Å². The second-order valence-corrected chi connectivity index (χ2v) is 6.37. The summed E-state index contributed by atoms with van der Waals surface area (Å²) in [5.74, 6) is -0.711. The van der Waals surface area contributed by atoms with Gasteiger partial charge in [-0.05, 0) is 36.6 Å². The Kier molecular flexibility index (Phi) is 4.33. The van der Waals surface area contributed by atoms with Crippen LogP contribution in [0.4, 0.5) is 13.2 Å². The molecule has 1 aliphatic rings. The first-order valence-corrected chi connectivity index (χ1v) is 7.96. The van der Waals surface area contributed by atoms with Gasteiger partial charge in [0.25, 0.3) is 5.91 Å². The Bertz CT molecular complexity index is 803. The van der Waals surface area contributed by atoms with Crippen molar-refractivity contribution in [3.05, 3.63) is 70.8 Å². The first-order chi connectivity index (χ1) is 11.7. The molecule has 0 saturated carbocycles. The van der Waals surface area contributed by atoms with Gasteiger partial charge in [-0.3, -0.25) is 4.79 Å². The van der Waals surface area contributed by atoms with Crippen molar-refractivity contribution < 1.29 is 23.1 Å². The molecule has 25 heavy (non-hydrogen) atoms. The third-order valence-electron chi connectivity index (χ3n) is 4.64. The summed E-state index contributed by atoms with van der Waals surface area (Å²) in [5, 5.41) is 10.9. The number of nitrogens with zero attached hydrogens (tertiary/aromatic N) is 1. The Balaban J connectivity index is 1.88. The highest BCUT2D eigenvalue weighted by atomic mass is 19.4. The average Bonchev–Trinajstić information content (AvgIpc) is 2.97. The Morgan fingerprint density at radius 3 is 2.44 bits per heavy atom. The molecule has 2 aromatic rings. The average molecular weight is 349 g/mol. The number of halogens is 3. The van der Waals surface area contributed by atoms with Crippen molar-refractivity contribution in [2.24, 2.45) is 0 Å². The maximum absolute atomic E-state index is 13.1. The Morgan fingerprint density at radius 1 is 1.12 bits per heavy atom. The van der Waals surface area contributed by atoms with Crippen molar-refractivity contribution in [2.45, 2.75) is 25.1 Å². The summed E-state index contributed by atoms with van der Waals surface area (Å²) in [4.78, 5) is 13.9. The van der Waals surface area contributed by atoms with E-state index < -0.39 is 23.2 Å². The van der Waals surface area contributed by atoms with Crippen molar-refractivity contribution in [3.8, 4) is 0 Å². The fraction of sp³-hybridized carbons (Fsp3) is 0.316. The molecule has 3 nitrogen and oxygen atoms in total. The fourth-order valence-corrected chi connectivity index (χ4v) is 3.37. The van der Waals surface area contributed by atoms with Crippen LogP contribution in [0.1, 0.15) is 33.5 Å². The van der Waals surface area contributed by atoms with E-state index in [2.05, 4.69) is 0 Å². The molecule has 0 aliphatic carbocycles. The largest absolute Gasteiger partial charge is 0.417 e. The molecular weight excluding hydrogens is 331 g/mol. The van der Waals surface area contributed by atoms with Crippen LogP contribution in [0, 0.1) is 6.92 Å². The number of carbonyl (C=O) groups is 1. The van der Waals surface area contributed by atoms with Crippen LogP contribution < -0.4 is 0 Å². The van der Waals surface area contributed by atoms with E-state index in [0.29, 0.717) is 5.56 Å². The van der Waals surface area contributed by atoms with E-state index >= 15 is 0 Å². The van der Waals surface area contributed by atoms with Gasteiger partial charge in [-0.2, -0.15) is 13.2 Å². The summed E-state index contributed by atoms with van der Waals surface area (Å²) in [6.07, 6.45) is -4.31. The van der Waals surface area contributed by atoms with Crippen LogP contribution in [-0.4, -0.2) is 29.0 Å². The molecule has 6 heteroatoms. The van der Waals surface area contributed by atoms with Gasteiger partial charge in [-0.25, -0.2) is 0 Å². The number of likely N-dealkylation sites (tertiary alicyclic amines) is 1. The van der Waals surface area contributed by atoms with E-state index in [0.717, 1.165) is 11.6 Å². The molecule has 0 unspecified atom stereocenters. The smallest absolute Gasteiger partial charge is 0.383 e. The van der Waals surface area contributed by atoms with Crippen molar-refractivity contribution in [1.29, 1.82) is 0 Å². The number of hydrogen-bond donors (Lipinski definition) is 1. The predicted molar refractivity (Wildman–Crippen MR) is 87.0 cm³/mol. The first-order valence-electron chi connectivity index (χ1n) is 7.96. The second kappa shape index (κ2) is 6.19. The van der Waals surface area contributed by atoms with Crippen molar-refractivity contribution in [3.63, 3.8) is 0 Å². The van der Waals surface area contributed by atoms with Crippen LogP contribution >= 0.6 is 0 Å². The van der Waals surface area contributed by atoms with E-state index in [1.807, 2.05) is 19.1 Å². The number of benzene rings is 2. The molecule has 2 aromatic carbocycles. The number of hydrogen-bond acceptors (Lipinski definition) is 2. The molecule has 1 aliphatic heterocycles. The number of rotatable bonds is 2. The molecule has 1 fully saturated rings. The number of β-amino-alcohol motifs (C(OH)–C–C–N with tert-alkyl or cyclic N) is 1. The van der Waals surface area contributed by atoms with Gasteiger partial charge < -0.3 is 10.0 Å². The SMILES string of the molecule is Cc1ccccc1[C@@]1(O)CCN(C(=O)c2ccccc2C(F)(F)F)C1.